The number of rotatable bonds is 6. The topological polar surface area (TPSA) is 88.2 Å². The number of aromatic nitrogens is 1. The summed E-state index contributed by atoms with van der Waals surface area (Å²) in [5.74, 6) is -0.266. The Bertz CT molecular complexity index is 786. The predicted molar refractivity (Wildman–Crippen MR) is 89.7 cm³/mol. The lowest BCUT2D eigenvalue weighted by atomic mass is 10.1. The van der Waals surface area contributed by atoms with E-state index in [0.717, 1.165) is 12.7 Å². The normalized spacial score (nSPS) is 11.2. The molecule has 23 heavy (non-hydrogen) atoms. The van der Waals surface area contributed by atoms with Gasteiger partial charge < -0.3 is 5.32 Å². The number of benzene rings is 1. The monoisotopic (exact) mass is 333 g/mol. The molecule has 0 bridgehead atoms. The smallest absolute Gasteiger partial charge is 0.255 e. The van der Waals surface area contributed by atoms with Crippen molar-refractivity contribution in [2.24, 2.45) is 0 Å². The van der Waals surface area contributed by atoms with Crippen LogP contribution in [0, 0.1) is 0 Å². The number of aryl methyl sites for hydroxylation is 1. The average molecular weight is 333 g/mol. The van der Waals surface area contributed by atoms with Crippen molar-refractivity contribution < 1.29 is 13.2 Å². The zero-order valence-corrected chi connectivity index (χ0v) is 13.9. The van der Waals surface area contributed by atoms with Gasteiger partial charge in [0.15, 0.2) is 0 Å². The first kappa shape index (κ1) is 17.1. The molecule has 1 aromatic heterocycles. The number of pyridine rings is 1. The number of sulfonamides is 1. The Morgan fingerprint density at radius 2 is 1.87 bits per heavy atom. The minimum Gasteiger partial charge on any atom is -0.322 e. The fourth-order valence-corrected chi connectivity index (χ4v) is 2.36. The maximum atomic E-state index is 12.2. The Kier molecular flexibility index (Phi) is 5.46. The molecular weight excluding hydrogens is 314 g/mol. The molecule has 1 aromatic carbocycles. The predicted octanol–water partition coefficient (Wildman–Crippen LogP) is 1.95. The maximum absolute atomic E-state index is 12.2. The van der Waals surface area contributed by atoms with Crippen LogP contribution in [0.15, 0.2) is 42.6 Å². The van der Waals surface area contributed by atoms with Crippen LogP contribution in [-0.2, 0) is 23.0 Å². The molecule has 0 unspecified atom stereocenters. The molecule has 0 spiro atoms. The van der Waals surface area contributed by atoms with Crippen LogP contribution in [0.25, 0.3) is 0 Å². The Labute approximate surface area is 136 Å². The van der Waals surface area contributed by atoms with Gasteiger partial charge in [0.1, 0.15) is 0 Å². The molecule has 0 fully saturated rings. The van der Waals surface area contributed by atoms with Gasteiger partial charge in [-0.1, -0.05) is 19.1 Å². The minimum atomic E-state index is -3.30. The maximum Gasteiger partial charge on any atom is 0.255 e. The van der Waals surface area contributed by atoms with Crippen LogP contribution in [0.1, 0.15) is 28.5 Å². The summed E-state index contributed by atoms with van der Waals surface area (Å²) in [5, 5.41) is 2.80. The first-order valence-corrected chi connectivity index (χ1v) is 9.06. The van der Waals surface area contributed by atoms with Crippen molar-refractivity contribution in [3.8, 4) is 0 Å². The van der Waals surface area contributed by atoms with E-state index >= 15 is 0 Å². The molecule has 6 nitrogen and oxygen atoms in total. The Morgan fingerprint density at radius 3 is 2.48 bits per heavy atom. The highest BCUT2D eigenvalue weighted by molar-refractivity contribution is 7.88. The summed E-state index contributed by atoms with van der Waals surface area (Å²) in [7, 11) is -3.30. The molecule has 0 saturated carbocycles. The van der Waals surface area contributed by atoms with Gasteiger partial charge in [0.05, 0.1) is 18.5 Å². The zero-order valence-electron chi connectivity index (χ0n) is 13.0. The third kappa shape index (κ3) is 5.46. The van der Waals surface area contributed by atoms with E-state index in [1.54, 1.807) is 12.1 Å². The highest BCUT2D eigenvalue weighted by Crippen LogP contribution is 2.12. The van der Waals surface area contributed by atoms with Crippen LogP contribution in [0.4, 0.5) is 5.69 Å². The summed E-state index contributed by atoms with van der Waals surface area (Å²) >= 11 is 0. The molecule has 0 aliphatic rings. The highest BCUT2D eigenvalue weighted by atomic mass is 32.2. The van der Waals surface area contributed by atoms with Crippen molar-refractivity contribution in [3.05, 3.63) is 59.4 Å². The third-order valence-electron chi connectivity index (χ3n) is 3.21. The van der Waals surface area contributed by atoms with Gasteiger partial charge in [0.2, 0.25) is 10.0 Å². The molecule has 7 heteroatoms. The van der Waals surface area contributed by atoms with E-state index in [0.29, 0.717) is 16.9 Å². The molecule has 0 aliphatic heterocycles. The number of nitrogens with one attached hydrogen (secondary N) is 2. The second kappa shape index (κ2) is 7.34. The number of amides is 1. The van der Waals surface area contributed by atoms with E-state index in [-0.39, 0.29) is 12.5 Å². The van der Waals surface area contributed by atoms with Gasteiger partial charge >= 0.3 is 0 Å². The summed E-state index contributed by atoms with van der Waals surface area (Å²) in [6.07, 6.45) is 3.49. The highest BCUT2D eigenvalue weighted by Gasteiger charge is 2.09. The largest absolute Gasteiger partial charge is 0.322 e. The van der Waals surface area contributed by atoms with Crippen LogP contribution >= 0.6 is 0 Å². The minimum absolute atomic E-state index is 0.0468. The molecule has 2 aromatic rings. The first-order valence-electron chi connectivity index (χ1n) is 7.17. The Balaban J connectivity index is 2.06. The molecule has 2 N–H and O–H groups in total. The average Bonchev–Trinajstić information content (AvgIpc) is 2.53. The van der Waals surface area contributed by atoms with Gasteiger partial charge in [0, 0.05) is 17.4 Å². The van der Waals surface area contributed by atoms with Crippen molar-refractivity contribution in [1.29, 1.82) is 0 Å². The molecule has 1 amide bonds. The lowest BCUT2D eigenvalue weighted by Gasteiger charge is -2.07. The third-order valence-corrected chi connectivity index (χ3v) is 3.88. The summed E-state index contributed by atoms with van der Waals surface area (Å²) in [4.78, 5) is 16.3. The van der Waals surface area contributed by atoms with Crippen LogP contribution < -0.4 is 10.0 Å². The molecular formula is C16H19N3O3S. The molecule has 0 saturated heterocycles. The summed E-state index contributed by atoms with van der Waals surface area (Å²) in [6, 6.07) is 10.8. The second-order valence-corrected chi connectivity index (χ2v) is 6.97. The SMILES string of the molecule is CCc1ccc(NC(=O)c2ccnc(CNS(C)(=O)=O)c2)cc1. The number of carbonyl (C=O) groups excluding carboxylic acids is 1. The lowest BCUT2D eigenvalue weighted by molar-refractivity contribution is 0.102. The van der Waals surface area contributed by atoms with E-state index in [1.165, 1.54) is 11.8 Å². The van der Waals surface area contributed by atoms with Gasteiger partial charge in [-0.2, -0.15) is 0 Å². The summed E-state index contributed by atoms with van der Waals surface area (Å²) in [6.45, 7) is 2.11. The van der Waals surface area contributed by atoms with Gasteiger partial charge in [-0.05, 0) is 36.2 Å². The number of hydrogen-bond acceptors (Lipinski definition) is 4. The van der Waals surface area contributed by atoms with E-state index in [1.807, 2.05) is 24.3 Å². The summed E-state index contributed by atoms with van der Waals surface area (Å²) in [5.41, 5.74) is 2.80. The molecule has 2 rings (SSSR count). The first-order chi connectivity index (χ1) is 10.9. The van der Waals surface area contributed by atoms with Gasteiger partial charge in [0.25, 0.3) is 5.91 Å². The lowest BCUT2D eigenvalue weighted by Crippen LogP contribution is -2.22. The van der Waals surface area contributed by atoms with Crippen molar-refractivity contribution in [2.45, 2.75) is 19.9 Å². The van der Waals surface area contributed by atoms with Crippen molar-refractivity contribution in [3.63, 3.8) is 0 Å². The van der Waals surface area contributed by atoms with Crippen LogP contribution in [0.3, 0.4) is 0 Å². The van der Waals surface area contributed by atoms with Gasteiger partial charge in [-0.25, -0.2) is 13.1 Å². The van der Waals surface area contributed by atoms with Crippen LogP contribution in [0.2, 0.25) is 0 Å². The molecule has 122 valence electrons. The Hall–Kier alpha value is -2.25. The second-order valence-electron chi connectivity index (χ2n) is 5.13. The molecule has 0 aliphatic carbocycles. The number of anilines is 1. The van der Waals surface area contributed by atoms with Crippen molar-refractivity contribution >= 4 is 21.6 Å². The van der Waals surface area contributed by atoms with Crippen molar-refractivity contribution in [2.75, 3.05) is 11.6 Å². The molecule has 0 radical (unpaired) electrons. The fraction of sp³-hybridized carbons (Fsp3) is 0.250. The quantitative estimate of drug-likeness (QED) is 0.845. The molecule has 1 heterocycles. The van der Waals surface area contributed by atoms with E-state index in [2.05, 4.69) is 21.9 Å². The Morgan fingerprint density at radius 1 is 1.17 bits per heavy atom. The zero-order chi connectivity index (χ0) is 16.9. The molecule has 0 atom stereocenters. The van der Waals surface area contributed by atoms with Gasteiger partial charge in [-0.3, -0.25) is 9.78 Å². The van der Waals surface area contributed by atoms with E-state index < -0.39 is 10.0 Å². The number of nitrogens with zero attached hydrogens (tertiary/aromatic N) is 1. The van der Waals surface area contributed by atoms with Crippen LogP contribution in [0.5, 0.6) is 0 Å². The van der Waals surface area contributed by atoms with E-state index in [4.69, 9.17) is 0 Å². The summed E-state index contributed by atoms with van der Waals surface area (Å²) < 4.78 is 24.5. The van der Waals surface area contributed by atoms with Crippen molar-refractivity contribution in [1.82, 2.24) is 9.71 Å². The van der Waals surface area contributed by atoms with Crippen LogP contribution in [-0.4, -0.2) is 25.6 Å². The fourth-order valence-electron chi connectivity index (χ4n) is 1.95. The number of carbonyl (C=O) groups is 1. The van der Waals surface area contributed by atoms with E-state index in [9.17, 15) is 13.2 Å². The number of hydrogen-bond donors (Lipinski definition) is 2. The standard InChI is InChI=1S/C16H19N3O3S/c1-3-12-4-6-14(7-5-12)19-16(20)13-8-9-17-15(10-13)11-18-23(2,21)22/h4-10,18H,3,11H2,1-2H3,(H,19,20). The van der Waals surface area contributed by atoms with Gasteiger partial charge in [-0.15, -0.1) is 0 Å².